The molecule has 0 radical (unpaired) electrons. The predicted octanol–water partition coefficient (Wildman–Crippen LogP) is 0.275. The first kappa shape index (κ1) is 9.74. The summed E-state index contributed by atoms with van der Waals surface area (Å²) in [5, 5.41) is 3.31. The normalized spacial score (nSPS) is 29.9. The van der Waals surface area contributed by atoms with Crippen molar-refractivity contribution in [2.45, 2.75) is 6.04 Å². The number of hydrogen-bond acceptors (Lipinski definition) is 3. The first-order valence-electron chi connectivity index (χ1n) is 5.35. The molecule has 1 fully saturated rings. The molecule has 0 amide bonds. The number of nitrogens with zero attached hydrogens (tertiary/aromatic N) is 2. The smallest absolute Gasteiger partial charge is 0.0455 e. The van der Waals surface area contributed by atoms with E-state index in [-0.39, 0.29) is 0 Å². The molecule has 1 N–H and O–H groups in total. The van der Waals surface area contributed by atoms with Crippen LogP contribution in [0.3, 0.4) is 0 Å². The lowest BCUT2D eigenvalue weighted by Crippen LogP contribution is -2.50. The highest BCUT2D eigenvalue weighted by atomic mass is 15.3. The summed E-state index contributed by atoms with van der Waals surface area (Å²) in [5.41, 5.74) is 0. The monoisotopic (exact) mass is 193 g/mol. The van der Waals surface area contributed by atoms with Gasteiger partial charge in [0.25, 0.3) is 0 Å². The van der Waals surface area contributed by atoms with Crippen molar-refractivity contribution in [3.8, 4) is 0 Å². The molecule has 1 unspecified atom stereocenters. The van der Waals surface area contributed by atoms with Crippen molar-refractivity contribution >= 4 is 0 Å². The van der Waals surface area contributed by atoms with Crippen molar-refractivity contribution in [3.63, 3.8) is 0 Å². The summed E-state index contributed by atoms with van der Waals surface area (Å²) in [6, 6.07) is 0.568. The van der Waals surface area contributed by atoms with Crippen LogP contribution < -0.4 is 5.32 Å². The van der Waals surface area contributed by atoms with Gasteiger partial charge in [0.1, 0.15) is 0 Å². The Morgan fingerprint density at radius 2 is 1.93 bits per heavy atom. The topological polar surface area (TPSA) is 18.5 Å². The Hall–Kier alpha value is -0.800. The Labute approximate surface area is 86.1 Å². The summed E-state index contributed by atoms with van der Waals surface area (Å²) >= 11 is 0. The van der Waals surface area contributed by atoms with E-state index in [0.717, 1.165) is 6.54 Å². The molecule has 0 aromatic heterocycles. The van der Waals surface area contributed by atoms with Gasteiger partial charge in [-0.05, 0) is 19.3 Å². The van der Waals surface area contributed by atoms with Gasteiger partial charge in [-0.2, -0.15) is 0 Å². The van der Waals surface area contributed by atoms with Crippen LogP contribution in [0.5, 0.6) is 0 Å². The molecule has 0 aliphatic carbocycles. The number of piperazine rings is 1. The lowest BCUT2D eigenvalue weighted by Gasteiger charge is -2.36. The molecule has 3 nitrogen and oxygen atoms in total. The fourth-order valence-corrected chi connectivity index (χ4v) is 1.98. The van der Waals surface area contributed by atoms with E-state index < -0.39 is 0 Å². The van der Waals surface area contributed by atoms with Gasteiger partial charge < -0.3 is 10.2 Å². The van der Waals surface area contributed by atoms with Crippen LogP contribution in [0.15, 0.2) is 24.4 Å². The lowest BCUT2D eigenvalue weighted by molar-refractivity contribution is 0.130. The summed E-state index contributed by atoms with van der Waals surface area (Å²) < 4.78 is 0. The van der Waals surface area contributed by atoms with Crippen molar-refractivity contribution in [2.75, 3.05) is 39.8 Å². The maximum atomic E-state index is 3.31. The van der Waals surface area contributed by atoms with Crippen molar-refractivity contribution in [1.82, 2.24) is 15.1 Å². The Balaban J connectivity index is 1.88. The van der Waals surface area contributed by atoms with Crippen LogP contribution in [0.25, 0.3) is 0 Å². The van der Waals surface area contributed by atoms with Crippen LogP contribution >= 0.6 is 0 Å². The summed E-state index contributed by atoms with van der Waals surface area (Å²) in [4.78, 5) is 4.94. The molecule has 14 heavy (non-hydrogen) atoms. The van der Waals surface area contributed by atoms with E-state index in [2.05, 4.69) is 40.4 Å². The Morgan fingerprint density at radius 1 is 1.14 bits per heavy atom. The fraction of sp³-hybridized carbons (Fsp3) is 0.636. The molecule has 2 aliphatic heterocycles. The average molecular weight is 193 g/mol. The standard InChI is InChI=1S/C11H19N3/c1-13-6-8-14(9-7-13)11-4-2-3-5-12-10-11/h2-5,11-12H,6-10H2,1H3. The average Bonchev–Trinajstić information content (AvgIpc) is 2.47. The second-order valence-electron chi connectivity index (χ2n) is 4.06. The van der Waals surface area contributed by atoms with Gasteiger partial charge in [0, 0.05) is 38.8 Å². The zero-order chi connectivity index (χ0) is 9.80. The highest BCUT2D eigenvalue weighted by Gasteiger charge is 2.20. The minimum absolute atomic E-state index is 0.568. The number of nitrogens with one attached hydrogen (secondary N) is 1. The van der Waals surface area contributed by atoms with Gasteiger partial charge in [0.2, 0.25) is 0 Å². The minimum atomic E-state index is 0.568. The molecule has 2 heterocycles. The number of hydrogen-bond donors (Lipinski definition) is 1. The van der Waals surface area contributed by atoms with Crippen LogP contribution in [0.4, 0.5) is 0 Å². The van der Waals surface area contributed by atoms with Gasteiger partial charge in [0.05, 0.1) is 0 Å². The van der Waals surface area contributed by atoms with E-state index in [9.17, 15) is 0 Å². The number of likely N-dealkylation sites (N-methyl/N-ethyl adjacent to an activating group) is 1. The third kappa shape index (κ3) is 2.36. The SMILES string of the molecule is CN1CCN(C2C=CC=CNC2)CC1. The first-order chi connectivity index (χ1) is 6.86. The predicted molar refractivity (Wildman–Crippen MR) is 59.1 cm³/mol. The Morgan fingerprint density at radius 3 is 2.71 bits per heavy atom. The van der Waals surface area contributed by atoms with Crippen molar-refractivity contribution < 1.29 is 0 Å². The van der Waals surface area contributed by atoms with Gasteiger partial charge >= 0.3 is 0 Å². The van der Waals surface area contributed by atoms with E-state index in [1.807, 2.05) is 6.20 Å². The number of allylic oxidation sites excluding steroid dienone is 2. The molecular formula is C11H19N3. The molecule has 0 aromatic carbocycles. The maximum absolute atomic E-state index is 3.31. The second kappa shape index (κ2) is 4.62. The van der Waals surface area contributed by atoms with E-state index in [1.165, 1.54) is 26.2 Å². The second-order valence-corrected chi connectivity index (χ2v) is 4.06. The molecule has 0 spiro atoms. The quantitative estimate of drug-likeness (QED) is 0.645. The molecule has 0 saturated carbocycles. The lowest BCUT2D eigenvalue weighted by atomic mass is 10.2. The van der Waals surface area contributed by atoms with Crippen LogP contribution in [0.1, 0.15) is 0 Å². The molecule has 78 valence electrons. The van der Waals surface area contributed by atoms with Gasteiger partial charge in [-0.25, -0.2) is 0 Å². The third-order valence-electron chi connectivity index (χ3n) is 2.99. The van der Waals surface area contributed by atoms with Crippen molar-refractivity contribution in [1.29, 1.82) is 0 Å². The molecule has 1 saturated heterocycles. The molecule has 0 aromatic rings. The van der Waals surface area contributed by atoms with Gasteiger partial charge in [0.15, 0.2) is 0 Å². The highest BCUT2D eigenvalue weighted by Crippen LogP contribution is 2.07. The zero-order valence-corrected chi connectivity index (χ0v) is 8.82. The van der Waals surface area contributed by atoms with E-state index >= 15 is 0 Å². The van der Waals surface area contributed by atoms with Crippen LogP contribution in [0, 0.1) is 0 Å². The zero-order valence-electron chi connectivity index (χ0n) is 8.82. The highest BCUT2D eigenvalue weighted by molar-refractivity contribution is 5.10. The number of rotatable bonds is 1. The maximum Gasteiger partial charge on any atom is 0.0455 e. The van der Waals surface area contributed by atoms with Gasteiger partial charge in [-0.1, -0.05) is 12.2 Å². The first-order valence-corrected chi connectivity index (χ1v) is 5.35. The summed E-state index contributed by atoms with van der Waals surface area (Å²) in [7, 11) is 2.19. The molecule has 0 bridgehead atoms. The van der Waals surface area contributed by atoms with Gasteiger partial charge in [-0.3, -0.25) is 4.90 Å². The van der Waals surface area contributed by atoms with E-state index in [0.29, 0.717) is 6.04 Å². The Kier molecular flexibility index (Phi) is 3.22. The largest absolute Gasteiger partial charge is 0.389 e. The van der Waals surface area contributed by atoms with Crippen LogP contribution in [0.2, 0.25) is 0 Å². The third-order valence-corrected chi connectivity index (χ3v) is 2.99. The van der Waals surface area contributed by atoms with Crippen LogP contribution in [-0.4, -0.2) is 55.6 Å². The minimum Gasteiger partial charge on any atom is -0.389 e. The molecule has 2 rings (SSSR count). The summed E-state index contributed by atoms with van der Waals surface area (Å²) in [5.74, 6) is 0. The fourth-order valence-electron chi connectivity index (χ4n) is 1.98. The molecule has 3 heteroatoms. The summed E-state index contributed by atoms with van der Waals surface area (Å²) in [6.07, 6.45) is 8.52. The van der Waals surface area contributed by atoms with Crippen LogP contribution in [-0.2, 0) is 0 Å². The van der Waals surface area contributed by atoms with Crippen molar-refractivity contribution in [2.24, 2.45) is 0 Å². The molecular weight excluding hydrogens is 174 g/mol. The van der Waals surface area contributed by atoms with E-state index in [1.54, 1.807) is 0 Å². The molecule has 1 atom stereocenters. The van der Waals surface area contributed by atoms with E-state index in [4.69, 9.17) is 0 Å². The molecule has 2 aliphatic rings. The van der Waals surface area contributed by atoms with Gasteiger partial charge in [-0.15, -0.1) is 0 Å². The Bertz CT molecular complexity index is 227. The summed E-state index contributed by atoms with van der Waals surface area (Å²) in [6.45, 7) is 5.80. The van der Waals surface area contributed by atoms with Crippen molar-refractivity contribution in [3.05, 3.63) is 24.4 Å².